The third-order valence-corrected chi connectivity index (χ3v) is 3.69. The van der Waals surface area contributed by atoms with Crippen molar-refractivity contribution in [3.8, 4) is 0 Å². The van der Waals surface area contributed by atoms with Gasteiger partial charge in [-0.15, -0.1) is 0 Å². The van der Waals surface area contributed by atoms with Crippen LogP contribution in [0.25, 0.3) is 0 Å². The number of halogens is 3. The summed E-state index contributed by atoms with van der Waals surface area (Å²) in [7, 11) is 0. The van der Waals surface area contributed by atoms with Crippen LogP contribution in [0.5, 0.6) is 0 Å². The van der Waals surface area contributed by atoms with Crippen LogP contribution in [0.2, 0.25) is 0 Å². The summed E-state index contributed by atoms with van der Waals surface area (Å²) in [6.45, 7) is 0.157. The molecule has 1 saturated carbocycles. The lowest BCUT2D eigenvalue weighted by atomic mass is 9.85. The highest BCUT2D eigenvalue weighted by atomic mass is 19.2. The van der Waals surface area contributed by atoms with Gasteiger partial charge in [0.2, 0.25) is 5.91 Å². The van der Waals surface area contributed by atoms with Crippen molar-refractivity contribution in [3.63, 3.8) is 0 Å². The first-order valence-corrected chi connectivity index (χ1v) is 6.14. The van der Waals surface area contributed by atoms with Crippen molar-refractivity contribution in [2.45, 2.75) is 25.7 Å². The number of carbonyl (C=O) groups is 1. The van der Waals surface area contributed by atoms with E-state index in [0.29, 0.717) is 25.0 Å². The first kappa shape index (κ1) is 13.9. The van der Waals surface area contributed by atoms with Crippen molar-refractivity contribution in [1.29, 1.82) is 0 Å². The second-order valence-corrected chi connectivity index (χ2v) is 4.89. The van der Waals surface area contributed by atoms with Crippen LogP contribution in [-0.2, 0) is 4.79 Å². The third kappa shape index (κ3) is 2.58. The predicted molar refractivity (Wildman–Crippen MR) is 64.9 cm³/mol. The molecule has 3 nitrogen and oxygen atoms in total. The number of nitrogens with two attached hydrogens (primary N) is 1. The van der Waals surface area contributed by atoms with E-state index in [1.54, 1.807) is 0 Å². The molecule has 19 heavy (non-hydrogen) atoms. The van der Waals surface area contributed by atoms with Crippen LogP contribution in [0.4, 0.5) is 18.9 Å². The summed E-state index contributed by atoms with van der Waals surface area (Å²) < 4.78 is 39.3. The lowest BCUT2D eigenvalue weighted by Gasteiger charge is -2.25. The van der Waals surface area contributed by atoms with Gasteiger partial charge in [0.15, 0.2) is 11.6 Å². The quantitative estimate of drug-likeness (QED) is 0.831. The van der Waals surface area contributed by atoms with Gasteiger partial charge in [0, 0.05) is 18.7 Å². The van der Waals surface area contributed by atoms with E-state index in [0.717, 1.165) is 12.8 Å². The van der Waals surface area contributed by atoms with Gasteiger partial charge in [0.25, 0.3) is 0 Å². The zero-order chi connectivity index (χ0) is 14.0. The fourth-order valence-electron chi connectivity index (χ4n) is 2.45. The van der Waals surface area contributed by atoms with Crippen LogP contribution in [0.15, 0.2) is 12.1 Å². The van der Waals surface area contributed by atoms with Crippen LogP contribution < -0.4 is 11.1 Å². The number of amides is 1. The zero-order valence-corrected chi connectivity index (χ0v) is 10.3. The van der Waals surface area contributed by atoms with Gasteiger partial charge in [-0.3, -0.25) is 4.79 Å². The number of hydrogen-bond acceptors (Lipinski definition) is 2. The van der Waals surface area contributed by atoms with E-state index in [4.69, 9.17) is 5.73 Å². The fourth-order valence-corrected chi connectivity index (χ4v) is 2.45. The minimum absolute atomic E-state index is 0.157. The highest BCUT2D eigenvalue weighted by Crippen LogP contribution is 2.38. The Hall–Kier alpha value is -1.56. The molecule has 104 valence electrons. The Balaban J connectivity index is 2.21. The topological polar surface area (TPSA) is 55.1 Å². The number of rotatable bonds is 3. The highest BCUT2D eigenvalue weighted by Gasteiger charge is 2.40. The summed E-state index contributed by atoms with van der Waals surface area (Å²) in [4.78, 5) is 12.1. The van der Waals surface area contributed by atoms with E-state index >= 15 is 0 Å². The predicted octanol–water partition coefficient (Wildman–Crippen LogP) is 2.56. The van der Waals surface area contributed by atoms with Crippen molar-refractivity contribution in [2.75, 3.05) is 11.9 Å². The summed E-state index contributed by atoms with van der Waals surface area (Å²) in [5.41, 5.74) is 4.54. The van der Waals surface area contributed by atoms with Crippen LogP contribution in [-0.4, -0.2) is 12.5 Å². The minimum atomic E-state index is -1.29. The van der Waals surface area contributed by atoms with Crippen LogP contribution >= 0.6 is 0 Å². The summed E-state index contributed by atoms with van der Waals surface area (Å²) in [5, 5.41) is 2.31. The molecule has 1 amide bonds. The Morgan fingerprint density at radius 1 is 1.16 bits per heavy atom. The Bertz CT molecular complexity index is 499. The highest BCUT2D eigenvalue weighted by molar-refractivity contribution is 5.95. The van der Waals surface area contributed by atoms with Crippen molar-refractivity contribution < 1.29 is 18.0 Å². The third-order valence-electron chi connectivity index (χ3n) is 3.69. The molecule has 3 N–H and O–H groups in total. The molecular weight excluding hydrogens is 257 g/mol. The Morgan fingerprint density at radius 2 is 1.74 bits per heavy atom. The average Bonchev–Trinajstić information content (AvgIpc) is 2.86. The molecular formula is C13H15F3N2O. The smallest absolute Gasteiger partial charge is 0.231 e. The van der Waals surface area contributed by atoms with Crippen LogP contribution in [0.1, 0.15) is 25.7 Å². The first-order chi connectivity index (χ1) is 8.98. The Kier molecular flexibility index (Phi) is 3.80. The van der Waals surface area contributed by atoms with Crippen molar-refractivity contribution >= 4 is 11.6 Å². The molecule has 0 saturated heterocycles. The summed E-state index contributed by atoms with van der Waals surface area (Å²) in [6, 6.07) is 1.05. The van der Waals surface area contributed by atoms with E-state index in [9.17, 15) is 18.0 Å². The number of nitrogens with one attached hydrogen (secondary N) is 1. The van der Waals surface area contributed by atoms with Gasteiger partial charge in [0.1, 0.15) is 5.82 Å². The number of anilines is 1. The van der Waals surface area contributed by atoms with Crippen molar-refractivity contribution in [3.05, 3.63) is 29.6 Å². The molecule has 6 heteroatoms. The summed E-state index contributed by atoms with van der Waals surface area (Å²) in [5.74, 6) is -3.93. The molecule has 2 rings (SSSR count). The lowest BCUT2D eigenvalue weighted by molar-refractivity contribution is -0.124. The van der Waals surface area contributed by atoms with Gasteiger partial charge in [-0.2, -0.15) is 0 Å². The van der Waals surface area contributed by atoms with Gasteiger partial charge in [-0.05, 0) is 12.8 Å². The Labute approximate surface area is 109 Å². The molecule has 0 spiro atoms. The minimum Gasteiger partial charge on any atom is -0.329 e. The maximum absolute atomic E-state index is 13.5. The zero-order valence-electron chi connectivity index (χ0n) is 10.3. The monoisotopic (exact) mass is 272 g/mol. The second-order valence-electron chi connectivity index (χ2n) is 4.89. The molecule has 0 unspecified atom stereocenters. The van der Waals surface area contributed by atoms with Crippen molar-refractivity contribution in [2.24, 2.45) is 11.1 Å². The fraction of sp³-hybridized carbons (Fsp3) is 0.462. The second kappa shape index (κ2) is 5.21. The SMILES string of the molecule is NCC1(C(=O)Nc2cc(F)c(F)cc2F)CCCC1. The van der Waals surface area contributed by atoms with E-state index in [2.05, 4.69) is 5.32 Å². The maximum Gasteiger partial charge on any atom is 0.231 e. The molecule has 0 heterocycles. The van der Waals surface area contributed by atoms with E-state index in [-0.39, 0.29) is 12.2 Å². The van der Waals surface area contributed by atoms with E-state index < -0.39 is 28.8 Å². The molecule has 0 aromatic heterocycles. The van der Waals surface area contributed by atoms with E-state index in [1.807, 2.05) is 0 Å². The molecule has 0 atom stereocenters. The number of carbonyl (C=O) groups excluding carboxylic acids is 1. The van der Waals surface area contributed by atoms with Gasteiger partial charge < -0.3 is 11.1 Å². The summed E-state index contributed by atoms with van der Waals surface area (Å²) in [6.07, 6.45) is 3.01. The molecule has 1 aliphatic carbocycles. The maximum atomic E-state index is 13.5. The van der Waals surface area contributed by atoms with Gasteiger partial charge in [0.05, 0.1) is 11.1 Å². The van der Waals surface area contributed by atoms with E-state index in [1.165, 1.54) is 0 Å². The Morgan fingerprint density at radius 3 is 2.32 bits per heavy atom. The first-order valence-electron chi connectivity index (χ1n) is 6.14. The van der Waals surface area contributed by atoms with Crippen LogP contribution in [0.3, 0.4) is 0 Å². The number of benzene rings is 1. The van der Waals surface area contributed by atoms with Gasteiger partial charge in [-0.1, -0.05) is 12.8 Å². The molecule has 0 aliphatic heterocycles. The molecule has 0 bridgehead atoms. The average molecular weight is 272 g/mol. The summed E-state index contributed by atoms with van der Waals surface area (Å²) >= 11 is 0. The van der Waals surface area contributed by atoms with Gasteiger partial charge >= 0.3 is 0 Å². The molecule has 0 radical (unpaired) electrons. The van der Waals surface area contributed by atoms with Gasteiger partial charge in [-0.25, -0.2) is 13.2 Å². The number of hydrogen-bond donors (Lipinski definition) is 2. The normalized spacial score (nSPS) is 17.5. The van der Waals surface area contributed by atoms with Crippen LogP contribution in [0, 0.1) is 22.9 Å². The largest absolute Gasteiger partial charge is 0.329 e. The molecule has 1 aromatic rings. The standard InChI is InChI=1S/C13H15F3N2O/c14-8-5-10(16)11(6-9(8)15)18-12(19)13(7-17)3-1-2-4-13/h5-6H,1-4,7,17H2,(H,18,19). The molecule has 1 aromatic carbocycles. The molecule has 1 fully saturated rings. The lowest BCUT2D eigenvalue weighted by Crippen LogP contribution is -2.40. The van der Waals surface area contributed by atoms with Crippen molar-refractivity contribution in [1.82, 2.24) is 0 Å². The molecule has 1 aliphatic rings.